The summed E-state index contributed by atoms with van der Waals surface area (Å²) < 4.78 is 13.3. The minimum atomic E-state index is -1.28. The highest BCUT2D eigenvalue weighted by atomic mass is 19.1. The fraction of sp³-hybridized carbons (Fsp3) is 0.438. The van der Waals surface area contributed by atoms with Gasteiger partial charge in [0.05, 0.1) is 0 Å². The number of carboxylic acid groups (broad SMARTS) is 1. The second-order valence-electron chi connectivity index (χ2n) is 5.20. The number of amides is 2. The number of benzene rings is 1. The van der Waals surface area contributed by atoms with Crippen LogP contribution in [0.15, 0.2) is 18.2 Å². The van der Waals surface area contributed by atoms with Crippen LogP contribution < -0.4 is 10.6 Å². The molecule has 1 unspecified atom stereocenters. The summed E-state index contributed by atoms with van der Waals surface area (Å²) in [6.45, 7) is 3.96. The molecule has 0 radical (unpaired) electrons. The monoisotopic (exact) mass is 324 g/mol. The van der Waals surface area contributed by atoms with Gasteiger partial charge in [-0.25, -0.2) is 9.18 Å². The van der Waals surface area contributed by atoms with Gasteiger partial charge in [-0.3, -0.25) is 9.59 Å². The van der Waals surface area contributed by atoms with E-state index in [-0.39, 0.29) is 24.3 Å². The summed E-state index contributed by atoms with van der Waals surface area (Å²) in [6.07, 6.45) is 0.670. The van der Waals surface area contributed by atoms with Gasteiger partial charge >= 0.3 is 5.97 Å². The third-order valence-electron chi connectivity index (χ3n) is 3.22. The molecule has 0 heterocycles. The lowest BCUT2D eigenvalue weighted by Crippen LogP contribution is -2.34. The minimum absolute atomic E-state index is 0.0133. The first kappa shape index (κ1) is 18.6. The van der Waals surface area contributed by atoms with Crippen molar-refractivity contribution in [1.82, 2.24) is 10.6 Å². The Morgan fingerprint density at radius 1 is 1.22 bits per heavy atom. The van der Waals surface area contributed by atoms with E-state index in [0.717, 1.165) is 12.5 Å². The van der Waals surface area contributed by atoms with Gasteiger partial charge in [-0.15, -0.1) is 0 Å². The molecule has 126 valence electrons. The van der Waals surface area contributed by atoms with Crippen LogP contribution in [0.3, 0.4) is 0 Å². The van der Waals surface area contributed by atoms with Crippen LogP contribution in [0.5, 0.6) is 0 Å². The molecule has 1 aromatic carbocycles. The Bertz CT molecular complexity index is 589. The van der Waals surface area contributed by atoms with E-state index in [1.54, 1.807) is 0 Å². The summed E-state index contributed by atoms with van der Waals surface area (Å²) in [4.78, 5) is 34.6. The molecule has 2 amide bonds. The van der Waals surface area contributed by atoms with Crippen molar-refractivity contribution in [2.45, 2.75) is 39.2 Å². The zero-order valence-electron chi connectivity index (χ0n) is 13.2. The molecule has 0 saturated carbocycles. The molecule has 1 atom stereocenters. The first-order chi connectivity index (χ1) is 10.8. The van der Waals surface area contributed by atoms with Gasteiger partial charge in [-0.1, -0.05) is 19.1 Å². The van der Waals surface area contributed by atoms with E-state index >= 15 is 0 Å². The summed E-state index contributed by atoms with van der Waals surface area (Å²) in [6, 6.07) is 2.57. The lowest BCUT2D eigenvalue weighted by molar-refractivity contribution is -0.142. The first-order valence-corrected chi connectivity index (χ1v) is 7.40. The Hall–Kier alpha value is -2.44. The highest BCUT2D eigenvalue weighted by molar-refractivity contribution is 5.87. The molecule has 3 N–H and O–H groups in total. The van der Waals surface area contributed by atoms with E-state index in [2.05, 4.69) is 10.6 Å². The van der Waals surface area contributed by atoms with Gasteiger partial charge < -0.3 is 15.7 Å². The van der Waals surface area contributed by atoms with E-state index < -0.39 is 23.7 Å². The molecule has 0 aromatic heterocycles. The van der Waals surface area contributed by atoms with Crippen molar-refractivity contribution < 1.29 is 23.9 Å². The van der Waals surface area contributed by atoms with Gasteiger partial charge in [0.2, 0.25) is 11.8 Å². The minimum Gasteiger partial charge on any atom is -0.479 e. The fourth-order valence-corrected chi connectivity index (χ4v) is 1.95. The van der Waals surface area contributed by atoms with Gasteiger partial charge in [0.25, 0.3) is 0 Å². The molecular weight excluding hydrogens is 303 g/mol. The normalized spacial score (nSPS) is 11.6. The molecule has 6 nitrogen and oxygen atoms in total. The summed E-state index contributed by atoms with van der Waals surface area (Å²) in [5, 5.41) is 14.2. The highest BCUT2D eigenvalue weighted by Crippen LogP contribution is 2.17. The van der Waals surface area contributed by atoms with E-state index in [4.69, 9.17) is 0 Å². The third-order valence-corrected chi connectivity index (χ3v) is 3.22. The summed E-state index contributed by atoms with van der Waals surface area (Å²) in [5.41, 5.74) is 0.571. The lowest BCUT2D eigenvalue weighted by atomic mass is 10.0. The third kappa shape index (κ3) is 6.06. The highest BCUT2D eigenvalue weighted by Gasteiger charge is 2.22. The van der Waals surface area contributed by atoms with Crippen LogP contribution in [-0.4, -0.2) is 29.4 Å². The molecule has 1 rings (SSSR count). The smallest absolute Gasteiger partial charge is 0.330 e. The molecule has 0 aliphatic rings. The molecule has 0 aliphatic carbocycles. The van der Waals surface area contributed by atoms with Crippen molar-refractivity contribution in [3.63, 3.8) is 0 Å². The van der Waals surface area contributed by atoms with E-state index in [0.29, 0.717) is 12.1 Å². The number of halogens is 1. The first-order valence-electron chi connectivity index (χ1n) is 7.40. The molecule has 0 fully saturated rings. The number of carbonyl (C=O) groups excluding carboxylic acids is 2. The molecular formula is C16H21FN2O4. The van der Waals surface area contributed by atoms with Crippen LogP contribution in [-0.2, 0) is 14.4 Å². The second-order valence-corrected chi connectivity index (χ2v) is 5.20. The van der Waals surface area contributed by atoms with Crippen LogP contribution in [0, 0.1) is 12.7 Å². The number of nitrogens with one attached hydrogen (secondary N) is 2. The van der Waals surface area contributed by atoms with E-state index in [1.165, 1.54) is 19.1 Å². The van der Waals surface area contributed by atoms with Crippen LogP contribution in [0.25, 0.3) is 0 Å². The predicted octanol–water partition coefficient (Wildman–Crippen LogP) is 1.68. The summed E-state index contributed by atoms with van der Waals surface area (Å²) in [5.74, 6) is -2.51. The van der Waals surface area contributed by atoms with Crippen molar-refractivity contribution >= 4 is 17.8 Å². The Morgan fingerprint density at radius 2 is 1.87 bits per heavy atom. The fourth-order valence-electron chi connectivity index (χ4n) is 1.95. The van der Waals surface area contributed by atoms with Gasteiger partial charge in [0, 0.05) is 19.4 Å². The number of carboxylic acids is 1. The van der Waals surface area contributed by atoms with Crippen LogP contribution in [0.2, 0.25) is 0 Å². The van der Waals surface area contributed by atoms with Gasteiger partial charge in [0.1, 0.15) is 5.82 Å². The number of aliphatic carboxylic acids is 1. The largest absolute Gasteiger partial charge is 0.479 e. The van der Waals surface area contributed by atoms with Crippen molar-refractivity contribution in [3.05, 3.63) is 35.1 Å². The summed E-state index contributed by atoms with van der Waals surface area (Å²) >= 11 is 0. The average Bonchev–Trinajstić information content (AvgIpc) is 2.51. The maximum absolute atomic E-state index is 13.3. The molecule has 0 aliphatic heterocycles. The molecule has 0 saturated heterocycles. The SMILES string of the molecule is CCCNC(=O)CCC(=O)NC(C(=O)O)c1ccc(F)c(C)c1. The quantitative estimate of drug-likeness (QED) is 0.678. The number of hydrogen-bond donors (Lipinski definition) is 3. The standard InChI is InChI=1S/C16H21FN2O4/c1-3-8-18-13(20)6-7-14(21)19-15(16(22)23)11-4-5-12(17)10(2)9-11/h4-5,9,15H,3,6-8H2,1-2H3,(H,18,20)(H,19,21)(H,22,23). The van der Waals surface area contributed by atoms with Crippen molar-refractivity contribution in [3.8, 4) is 0 Å². The molecule has 0 bridgehead atoms. The van der Waals surface area contributed by atoms with Gasteiger partial charge in [-0.05, 0) is 30.5 Å². The zero-order chi connectivity index (χ0) is 17.4. The van der Waals surface area contributed by atoms with Crippen LogP contribution >= 0.6 is 0 Å². The van der Waals surface area contributed by atoms with Gasteiger partial charge in [-0.2, -0.15) is 0 Å². The number of carbonyl (C=O) groups is 3. The predicted molar refractivity (Wildman–Crippen MR) is 82.2 cm³/mol. The molecule has 7 heteroatoms. The van der Waals surface area contributed by atoms with Crippen LogP contribution in [0.4, 0.5) is 4.39 Å². The second kappa shape index (κ2) is 8.87. The maximum atomic E-state index is 13.3. The summed E-state index contributed by atoms with van der Waals surface area (Å²) in [7, 11) is 0. The van der Waals surface area contributed by atoms with Crippen molar-refractivity contribution in [2.24, 2.45) is 0 Å². The van der Waals surface area contributed by atoms with Crippen molar-refractivity contribution in [2.75, 3.05) is 6.54 Å². The Kier molecular flexibility index (Phi) is 7.18. The van der Waals surface area contributed by atoms with Gasteiger partial charge in [0.15, 0.2) is 6.04 Å². The molecule has 1 aromatic rings. The van der Waals surface area contributed by atoms with Crippen LogP contribution in [0.1, 0.15) is 43.4 Å². The number of rotatable bonds is 8. The number of aryl methyl sites for hydroxylation is 1. The van der Waals surface area contributed by atoms with Crippen molar-refractivity contribution in [1.29, 1.82) is 0 Å². The topological polar surface area (TPSA) is 95.5 Å². The number of hydrogen-bond acceptors (Lipinski definition) is 3. The molecule has 0 spiro atoms. The maximum Gasteiger partial charge on any atom is 0.330 e. The zero-order valence-corrected chi connectivity index (χ0v) is 13.2. The Balaban J connectivity index is 2.65. The Morgan fingerprint density at radius 3 is 2.43 bits per heavy atom. The lowest BCUT2D eigenvalue weighted by Gasteiger charge is -2.15. The molecule has 23 heavy (non-hydrogen) atoms. The Labute approximate surface area is 134 Å². The van der Waals surface area contributed by atoms with E-state index in [9.17, 15) is 23.9 Å². The average molecular weight is 324 g/mol. The van der Waals surface area contributed by atoms with E-state index in [1.807, 2.05) is 6.92 Å².